The number of carbonyl (C=O) groups excluding carboxylic acids is 1. The van der Waals surface area contributed by atoms with Crippen molar-refractivity contribution in [2.75, 3.05) is 13.1 Å². The van der Waals surface area contributed by atoms with Crippen LogP contribution in [-0.2, 0) is 16.0 Å². The van der Waals surface area contributed by atoms with Gasteiger partial charge in [0.1, 0.15) is 5.65 Å². The van der Waals surface area contributed by atoms with Gasteiger partial charge in [-0.25, -0.2) is 4.98 Å². The summed E-state index contributed by atoms with van der Waals surface area (Å²) < 4.78 is 0. The van der Waals surface area contributed by atoms with Crippen LogP contribution in [0.4, 0.5) is 0 Å². The molecule has 0 aromatic carbocycles. The molecule has 0 radical (unpaired) electrons. The van der Waals surface area contributed by atoms with E-state index in [0.29, 0.717) is 13.0 Å². The number of carboxylic acid groups (broad SMARTS) is 1. The number of fused-ring (bicyclic) bond motifs is 1. The lowest BCUT2D eigenvalue weighted by atomic mass is 9.90. The second-order valence-corrected chi connectivity index (χ2v) is 5.82. The van der Waals surface area contributed by atoms with Crippen LogP contribution in [0.5, 0.6) is 0 Å². The van der Waals surface area contributed by atoms with Crippen molar-refractivity contribution in [3.05, 3.63) is 30.1 Å². The zero-order valence-corrected chi connectivity index (χ0v) is 11.8. The maximum atomic E-state index is 12.4. The average Bonchev–Trinajstić information content (AvgIpc) is 3.05. The molecule has 1 fully saturated rings. The number of carboxylic acids is 1. The van der Waals surface area contributed by atoms with Crippen molar-refractivity contribution in [3.8, 4) is 0 Å². The number of carbonyl (C=O) groups is 2. The van der Waals surface area contributed by atoms with E-state index < -0.39 is 11.4 Å². The quantitative estimate of drug-likeness (QED) is 0.894. The fourth-order valence-corrected chi connectivity index (χ4v) is 2.78. The predicted molar refractivity (Wildman–Crippen MR) is 76.7 cm³/mol. The van der Waals surface area contributed by atoms with Crippen molar-refractivity contribution in [2.24, 2.45) is 5.41 Å². The van der Waals surface area contributed by atoms with Gasteiger partial charge in [0.15, 0.2) is 0 Å². The Morgan fingerprint density at radius 3 is 3.05 bits per heavy atom. The van der Waals surface area contributed by atoms with Crippen molar-refractivity contribution < 1.29 is 14.7 Å². The highest BCUT2D eigenvalue weighted by atomic mass is 16.4. The van der Waals surface area contributed by atoms with Gasteiger partial charge in [0, 0.05) is 30.9 Å². The van der Waals surface area contributed by atoms with E-state index in [9.17, 15) is 14.7 Å². The normalized spacial score (nSPS) is 21.9. The maximum Gasteiger partial charge on any atom is 0.311 e. The molecule has 0 bridgehead atoms. The zero-order chi connectivity index (χ0) is 15.0. The third-order valence-electron chi connectivity index (χ3n) is 4.22. The topological polar surface area (TPSA) is 86.3 Å². The van der Waals surface area contributed by atoms with E-state index in [2.05, 4.69) is 9.97 Å². The van der Waals surface area contributed by atoms with Gasteiger partial charge in [-0.1, -0.05) is 0 Å². The van der Waals surface area contributed by atoms with Crippen LogP contribution in [-0.4, -0.2) is 44.9 Å². The average molecular weight is 287 g/mol. The molecule has 6 nitrogen and oxygen atoms in total. The Kier molecular flexibility index (Phi) is 3.16. The minimum absolute atomic E-state index is 0.0373. The number of nitrogens with one attached hydrogen (secondary N) is 1. The third kappa shape index (κ3) is 2.37. The van der Waals surface area contributed by atoms with Crippen LogP contribution >= 0.6 is 0 Å². The van der Waals surface area contributed by atoms with E-state index in [-0.39, 0.29) is 18.9 Å². The van der Waals surface area contributed by atoms with Gasteiger partial charge >= 0.3 is 5.97 Å². The van der Waals surface area contributed by atoms with E-state index in [1.54, 1.807) is 24.2 Å². The Morgan fingerprint density at radius 1 is 1.52 bits per heavy atom. The number of amides is 1. The van der Waals surface area contributed by atoms with Crippen LogP contribution in [0.3, 0.4) is 0 Å². The van der Waals surface area contributed by atoms with E-state index in [1.165, 1.54) is 0 Å². The summed E-state index contributed by atoms with van der Waals surface area (Å²) in [6.45, 7) is 2.47. The molecule has 1 amide bonds. The zero-order valence-electron chi connectivity index (χ0n) is 11.8. The summed E-state index contributed by atoms with van der Waals surface area (Å²) in [4.78, 5) is 32.5. The number of pyridine rings is 1. The van der Waals surface area contributed by atoms with E-state index in [1.807, 2.05) is 12.1 Å². The maximum absolute atomic E-state index is 12.4. The molecule has 110 valence electrons. The fraction of sp³-hybridized carbons (Fsp3) is 0.400. The number of nitrogens with zero attached hydrogens (tertiary/aromatic N) is 2. The molecule has 2 N–H and O–H groups in total. The van der Waals surface area contributed by atoms with Crippen molar-refractivity contribution in [3.63, 3.8) is 0 Å². The minimum Gasteiger partial charge on any atom is -0.481 e. The molecule has 2 aromatic heterocycles. The number of hydrogen-bond acceptors (Lipinski definition) is 3. The minimum atomic E-state index is -0.839. The molecule has 0 aliphatic carbocycles. The number of hydrogen-bond donors (Lipinski definition) is 2. The van der Waals surface area contributed by atoms with Crippen molar-refractivity contribution in [1.82, 2.24) is 14.9 Å². The van der Waals surface area contributed by atoms with Crippen LogP contribution in [0.25, 0.3) is 11.0 Å². The standard InChI is InChI=1S/C15H17N3O3/c1-15(14(20)21)4-6-18(9-15)12(19)7-10-8-17-13-11(10)3-2-5-16-13/h2-3,5,8H,4,6-7,9H2,1H3,(H,16,17)(H,20,21). The highest BCUT2D eigenvalue weighted by Crippen LogP contribution is 2.30. The molecule has 3 heterocycles. The summed E-state index contributed by atoms with van der Waals surface area (Å²) in [6.07, 6.45) is 4.26. The summed E-state index contributed by atoms with van der Waals surface area (Å²) in [5.74, 6) is -0.876. The summed E-state index contributed by atoms with van der Waals surface area (Å²) in [5.41, 5.74) is 0.835. The lowest BCUT2D eigenvalue weighted by Crippen LogP contribution is -2.35. The molecule has 1 aliphatic heterocycles. The van der Waals surface area contributed by atoms with Gasteiger partial charge < -0.3 is 15.0 Å². The fourth-order valence-electron chi connectivity index (χ4n) is 2.78. The van der Waals surface area contributed by atoms with Gasteiger partial charge in [-0.05, 0) is 31.0 Å². The van der Waals surface area contributed by atoms with Gasteiger partial charge in [0.05, 0.1) is 11.8 Å². The third-order valence-corrected chi connectivity index (χ3v) is 4.22. The summed E-state index contributed by atoms with van der Waals surface area (Å²) >= 11 is 0. The van der Waals surface area contributed by atoms with Gasteiger partial charge in [0.25, 0.3) is 0 Å². The first-order valence-electron chi connectivity index (χ1n) is 6.92. The van der Waals surface area contributed by atoms with Crippen molar-refractivity contribution in [2.45, 2.75) is 19.8 Å². The molecule has 0 saturated carbocycles. The summed E-state index contributed by atoms with van der Waals surface area (Å²) in [7, 11) is 0. The molecule has 1 atom stereocenters. The van der Waals surface area contributed by atoms with E-state index in [4.69, 9.17) is 0 Å². The molecule has 3 rings (SSSR count). The van der Waals surface area contributed by atoms with E-state index in [0.717, 1.165) is 16.6 Å². The van der Waals surface area contributed by atoms with Gasteiger partial charge in [0.2, 0.25) is 5.91 Å². The van der Waals surface area contributed by atoms with Gasteiger partial charge in [-0.15, -0.1) is 0 Å². The first-order chi connectivity index (χ1) is 9.99. The lowest BCUT2D eigenvalue weighted by molar-refractivity contribution is -0.147. The molecule has 1 unspecified atom stereocenters. The Bertz CT molecular complexity index is 709. The second-order valence-electron chi connectivity index (χ2n) is 5.82. The first kappa shape index (κ1) is 13.6. The van der Waals surface area contributed by atoms with Gasteiger partial charge in [-0.3, -0.25) is 9.59 Å². The largest absolute Gasteiger partial charge is 0.481 e. The van der Waals surface area contributed by atoms with E-state index >= 15 is 0 Å². The van der Waals surface area contributed by atoms with Crippen molar-refractivity contribution >= 4 is 22.9 Å². The van der Waals surface area contributed by atoms with Crippen molar-refractivity contribution in [1.29, 1.82) is 0 Å². The highest BCUT2D eigenvalue weighted by Gasteiger charge is 2.41. The molecule has 2 aromatic rings. The molecule has 0 spiro atoms. The Balaban J connectivity index is 1.74. The second kappa shape index (κ2) is 4.87. The first-order valence-corrected chi connectivity index (χ1v) is 6.92. The number of H-pyrrole nitrogens is 1. The number of aromatic amines is 1. The smallest absolute Gasteiger partial charge is 0.311 e. The molecule has 21 heavy (non-hydrogen) atoms. The van der Waals surface area contributed by atoms with Gasteiger partial charge in [-0.2, -0.15) is 0 Å². The van der Waals surface area contributed by atoms with Crippen LogP contribution in [0.2, 0.25) is 0 Å². The van der Waals surface area contributed by atoms with Crippen LogP contribution in [0.1, 0.15) is 18.9 Å². The molecule has 6 heteroatoms. The number of likely N-dealkylation sites (tertiary alicyclic amines) is 1. The SMILES string of the molecule is CC1(C(=O)O)CCN(C(=O)Cc2c[nH]c3ncccc23)C1. The Morgan fingerprint density at radius 2 is 2.33 bits per heavy atom. The predicted octanol–water partition coefficient (Wildman–Crippen LogP) is 1.43. The number of aliphatic carboxylic acids is 1. The van der Waals surface area contributed by atoms with Crippen LogP contribution in [0, 0.1) is 5.41 Å². The molecule has 1 aliphatic rings. The monoisotopic (exact) mass is 287 g/mol. The Labute approximate surface area is 121 Å². The number of aromatic nitrogens is 2. The molecular formula is C15H17N3O3. The summed E-state index contributed by atoms with van der Waals surface area (Å²) in [5, 5.41) is 10.2. The highest BCUT2D eigenvalue weighted by molar-refractivity contribution is 5.88. The lowest BCUT2D eigenvalue weighted by Gasteiger charge is -2.20. The molecular weight excluding hydrogens is 270 g/mol. The van der Waals surface area contributed by atoms with Crippen LogP contribution < -0.4 is 0 Å². The Hall–Kier alpha value is -2.37. The number of rotatable bonds is 3. The molecule has 1 saturated heterocycles. The summed E-state index contributed by atoms with van der Waals surface area (Å²) in [6, 6.07) is 3.76. The van der Waals surface area contributed by atoms with Crippen LogP contribution in [0.15, 0.2) is 24.5 Å².